The molecule has 0 saturated carbocycles. The van der Waals surface area contributed by atoms with Crippen molar-refractivity contribution in [3.05, 3.63) is 53.1 Å². The van der Waals surface area contributed by atoms with Gasteiger partial charge in [0.2, 0.25) is 0 Å². The molecule has 2 aromatic carbocycles. The van der Waals surface area contributed by atoms with Crippen LogP contribution in [0.2, 0.25) is 0 Å². The van der Waals surface area contributed by atoms with Gasteiger partial charge in [-0.25, -0.2) is 8.42 Å². The molecule has 0 aliphatic carbocycles. The first-order valence-corrected chi connectivity index (χ1v) is 10.4. The molecule has 0 fully saturated rings. The smallest absolute Gasteiger partial charge is 0.379 e. The van der Waals surface area contributed by atoms with Gasteiger partial charge in [-0.05, 0) is 55.3 Å². The molecule has 0 unspecified atom stereocenters. The molecule has 142 valence electrons. The van der Waals surface area contributed by atoms with E-state index in [9.17, 15) is 30.0 Å². The lowest BCUT2D eigenvalue weighted by Crippen LogP contribution is -2.14. The largest absolute Gasteiger partial charge is 0.416 e. The first-order valence-electron chi connectivity index (χ1n) is 7.15. The van der Waals surface area contributed by atoms with Crippen molar-refractivity contribution in [2.75, 3.05) is 6.26 Å². The van der Waals surface area contributed by atoms with Crippen molar-refractivity contribution in [3.8, 4) is 5.75 Å². The Bertz CT molecular complexity index is 1060. The lowest BCUT2D eigenvalue weighted by Gasteiger charge is -2.14. The Hall–Kier alpha value is -2.07. The highest BCUT2D eigenvalue weighted by Crippen LogP contribution is 2.33. The second-order valence-electron chi connectivity index (χ2n) is 5.72. The Morgan fingerprint density at radius 2 is 1.50 bits per heavy atom. The van der Waals surface area contributed by atoms with E-state index in [4.69, 9.17) is 4.18 Å². The van der Waals surface area contributed by atoms with Gasteiger partial charge in [-0.15, -0.1) is 0 Å². The van der Waals surface area contributed by atoms with E-state index in [-0.39, 0.29) is 10.5 Å². The summed E-state index contributed by atoms with van der Waals surface area (Å²) in [6, 6.07) is 5.92. The molecule has 0 N–H and O–H groups in total. The normalized spacial score (nSPS) is 12.8. The number of benzene rings is 2. The highest BCUT2D eigenvalue weighted by Gasteiger charge is 2.31. The average Bonchev–Trinajstić information content (AvgIpc) is 2.47. The van der Waals surface area contributed by atoms with Gasteiger partial charge in [0.25, 0.3) is 0 Å². The molecule has 0 saturated heterocycles. The van der Waals surface area contributed by atoms with Gasteiger partial charge in [0, 0.05) is 6.26 Å². The third kappa shape index (κ3) is 4.36. The highest BCUT2D eigenvalue weighted by molar-refractivity contribution is 7.91. The van der Waals surface area contributed by atoms with Crippen molar-refractivity contribution in [3.63, 3.8) is 0 Å². The van der Waals surface area contributed by atoms with Crippen LogP contribution >= 0.6 is 0 Å². The summed E-state index contributed by atoms with van der Waals surface area (Å²) in [7, 11) is -8.25. The van der Waals surface area contributed by atoms with Crippen LogP contribution in [0.5, 0.6) is 5.75 Å². The molecule has 2 aromatic rings. The zero-order valence-electron chi connectivity index (χ0n) is 14.0. The number of hydrogen-bond acceptors (Lipinski definition) is 5. The first kappa shape index (κ1) is 20.2. The summed E-state index contributed by atoms with van der Waals surface area (Å²) in [5, 5.41) is 0. The maximum Gasteiger partial charge on any atom is 0.416 e. The Morgan fingerprint density at radius 3 is 2.04 bits per heavy atom. The van der Waals surface area contributed by atoms with Crippen LogP contribution in [0, 0.1) is 13.8 Å². The molecule has 0 aromatic heterocycles. The van der Waals surface area contributed by atoms with E-state index in [2.05, 4.69) is 0 Å². The minimum atomic E-state index is -4.66. The number of sulfone groups is 1. The molecule has 0 bridgehead atoms. The maximum absolute atomic E-state index is 12.8. The van der Waals surface area contributed by atoms with Gasteiger partial charge in [-0.1, -0.05) is 6.07 Å². The van der Waals surface area contributed by atoms with Gasteiger partial charge in [-0.3, -0.25) is 0 Å². The summed E-state index contributed by atoms with van der Waals surface area (Å²) >= 11 is 0. The lowest BCUT2D eigenvalue weighted by molar-refractivity contribution is -0.137. The number of hydrogen-bond donors (Lipinski definition) is 0. The summed E-state index contributed by atoms with van der Waals surface area (Å²) in [5.74, 6) is -0.526. The fraction of sp³-hybridized carbons (Fsp3) is 0.250. The van der Waals surface area contributed by atoms with Gasteiger partial charge >= 0.3 is 16.3 Å². The fourth-order valence-corrected chi connectivity index (χ4v) is 4.73. The standard InChI is InChI=1S/C16H15F3O5S2/c1-10-7-14(25(3,20)21)11(2)15(8-10)26(22,23)24-13-6-4-5-12(9-13)16(17,18)19/h4-9H,1-3H3. The Kier molecular flexibility index (Phi) is 5.13. The van der Waals surface area contributed by atoms with Crippen molar-refractivity contribution < 1.29 is 34.2 Å². The Balaban J connectivity index is 2.55. The van der Waals surface area contributed by atoms with Crippen LogP contribution in [0.15, 0.2) is 46.2 Å². The zero-order valence-corrected chi connectivity index (χ0v) is 15.6. The summed E-state index contributed by atoms with van der Waals surface area (Å²) < 4.78 is 91.8. The monoisotopic (exact) mass is 408 g/mol. The zero-order chi connectivity index (χ0) is 19.9. The molecule has 0 heterocycles. The van der Waals surface area contributed by atoms with Crippen LogP contribution in [0.4, 0.5) is 13.2 Å². The van der Waals surface area contributed by atoms with Crippen LogP contribution < -0.4 is 4.18 Å². The van der Waals surface area contributed by atoms with E-state index in [1.165, 1.54) is 26.0 Å². The van der Waals surface area contributed by atoms with Crippen molar-refractivity contribution >= 4 is 20.0 Å². The van der Waals surface area contributed by atoms with E-state index in [1.807, 2.05) is 0 Å². The van der Waals surface area contributed by atoms with Crippen LogP contribution in [0.3, 0.4) is 0 Å². The van der Waals surface area contributed by atoms with Gasteiger partial charge in [0.05, 0.1) is 10.5 Å². The third-order valence-corrected chi connectivity index (χ3v) is 6.09. The number of alkyl halides is 3. The highest BCUT2D eigenvalue weighted by atomic mass is 32.2. The molecular formula is C16H15F3O5S2. The topological polar surface area (TPSA) is 77.5 Å². The van der Waals surface area contributed by atoms with Crippen molar-refractivity contribution in [2.24, 2.45) is 0 Å². The van der Waals surface area contributed by atoms with Crippen LogP contribution in [0.1, 0.15) is 16.7 Å². The molecule has 0 aliphatic heterocycles. The van der Waals surface area contributed by atoms with Crippen molar-refractivity contribution in [1.29, 1.82) is 0 Å². The molecule has 10 heteroatoms. The molecule has 5 nitrogen and oxygen atoms in total. The Labute approximate surface area is 149 Å². The average molecular weight is 408 g/mol. The minimum absolute atomic E-state index is 0.0647. The predicted octanol–water partition coefficient (Wildman–Crippen LogP) is 3.49. The number of halogens is 3. The molecule has 0 amide bonds. The summed E-state index contributed by atoms with van der Waals surface area (Å²) in [6.07, 6.45) is -3.73. The summed E-state index contributed by atoms with van der Waals surface area (Å²) in [5.41, 5.74) is -0.782. The number of rotatable bonds is 4. The van der Waals surface area contributed by atoms with Gasteiger partial charge in [0.15, 0.2) is 9.84 Å². The van der Waals surface area contributed by atoms with Crippen LogP contribution in [-0.4, -0.2) is 23.1 Å². The molecule has 0 radical (unpaired) electrons. The SMILES string of the molecule is Cc1cc(S(C)(=O)=O)c(C)c(S(=O)(=O)Oc2cccc(C(F)(F)F)c2)c1. The molecule has 26 heavy (non-hydrogen) atoms. The second-order valence-corrected chi connectivity index (χ2v) is 9.22. The number of aryl methyl sites for hydroxylation is 1. The van der Waals surface area contributed by atoms with E-state index < -0.39 is 42.3 Å². The molecular weight excluding hydrogens is 393 g/mol. The van der Waals surface area contributed by atoms with Gasteiger partial charge < -0.3 is 4.18 Å². The fourth-order valence-electron chi connectivity index (χ4n) is 2.33. The van der Waals surface area contributed by atoms with E-state index >= 15 is 0 Å². The lowest BCUT2D eigenvalue weighted by atomic mass is 10.2. The Morgan fingerprint density at radius 1 is 0.923 bits per heavy atom. The van der Waals surface area contributed by atoms with Crippen molar-refractivity contribution in [2.45, 2.75) is 29.8 Å². The quantitative estimate of drug-likeness (QED) is 0.724. The summed E-state index contributed by atoms with van der Waals surface area (Å²) in [6.45, 7) is 2.79. The van der Waals surface area contributed by atoms with Crippen LogP contribution in [0.25, 0.3) is 0 Å². The maximum atomic E-state index is 12.8. The first-order chi connectivity index (χ1) is 11.7. The molecule has 0 aliphatic rings. The van der Waals surface area contributed by atoms with E-state index in [1.54, 1.807) is 0 Å². The second kappa shape index (κ2) is 6.58. The van der Waals surface area contributed by atoms with Gasteiger partial charge in [0.1, 0.15) is 10.6 Å². The predicted molar refractivity (Wildman–Crippen MR) is 88.3 cm³/mol. The minimum Gasteiger partial charge on any atom is -0.379 e. The van der Waals surface area contributed by atoms with Gasteiger partial charge in [-0.2, -0.15) is 21.6 Å². The molecule has 2 rings (SSSR count). The van der Waals surface area contributed by atoms with Crippen molar-refractivity contribution in [1.82, 2.24) is 0 Å². The third-order valence-electron chi connectivity index (χ3n) is 3.49. The summed E-state index contributed by atoms with van der Waals surface area (Å²) in [4.78, 5) is -0.612. The van der Waals surface area contributed by atoms with E-state index in [0.717, 1.165) is 24.5 Å². The van der Waals surface area contributed by atoms with Crippen LogP contribution in [-0.2, 0) is 26.1 Å². The molecule has 0 spiro atoms. The molecule has 0 atom stereocenters. The van der Waals surface area contributed by atoms with E-state index in [0.29, 0.717) is 11.6 Å².